The monoisotopic (exact) mass is 513 g/mol. The van der Waals surface area contributed by atoms with E-state index in [2.05, 4.69) is 10.6 Å². The highest BCUT2D eigenvalue weighted by Gasteiger charge is 2.27. The van der Waals surface area contributed by atoms with Crippen molar-refractivity contribution in [3.63, 3.8) is 0 Å². The van der Waals surface area contributed by atoms with Crippen LogP contribution in [-0.4, -0.2) is 43.2 Å². The zero-order valence-corrected chi connectivity index (χ0v) is 22.3. The van der Waals surface area contributed by atoms with Gasteiger partial charge in [0.1, 0.15) is 5.75 Å². The molecule has 3 rings (SSSR count). The second kappa shape index (κ2) is 14.9. The number of fused-ring (bicyclic) bond motifs is 1. The molecule has 0 fully saturated rings. The van der Waals surface area contributed by atoms with Crippen LogP contribution in [0.1, 0.15) is 75.2 Å². The minimum atomic E-state index is -0.608. The number of amides is 2. The average molecular weight is 514 g/mol. The normalized spacial score (nSPS) is 15.0. The van der Waals surface area contributed by atoms with Crippen molar-refractivity contribution in [1.29, 1.82) is 0 Å². The zero-order chi connectivity index (χ0) is 26.5. The van der Waals surface area contributed by atoms with E-state index in [0.717, 1.165) is 73.6 Å². The molecule has 2 amide bonds. The second-order valence-electron chi connectivity index (χ2n) is 10.1. The first-order chi connectivity index (χ1) is 17.8. The van der Waals surface area contributed by atoms with Crippen LogP contribution in [0.2, 0.25) is 0 Å². The highest BCUT2D eigenvalue weighted by Crippen LogP contribution is 2.32. The van der Waals surface area contributed by atoms with Gasteiger partial charge in [-0.2, -0.15) is 0 Å². The van der Waals surface area contributed by atoms with Gasteiger partial charge in [0.05, 0.1) is 12.7 Å². The van der Waals surface area contributed by atoms with E-state index in [4.69, 9.17) is 19.9 Å². The van der Waals surface area contributed by atoms with E-state index in [9.17, 15) is 9.90 Å². The summed E-state index contributed by atoms with van der Waals surface area (Å²) in [6.45, 7) is 7.25. The van der Waals surface area contributed by atoms with Crippen molar-refractivity contribution in [2.24, 2.45) is 5.73 Å². The largest absolute Gasteiger partial charge is 0.463 e. The molecular weight excluding hydrogens is 470 g/mol. The molecule has 0 unspecified atom stereocenters. The van der Waals surface area contributed by atoms with E-state index >= 15 is 0 Å². The first kappa shape index (κ1) is 28.9. The molecule has 1 aliphatic rings. The second-order valence-corrected chi connectivity index (χ2v) is 10.1. The fourth-order valence-corrected chi connectivity index (χ4v) is 4.33. The molecule has 0 bridgehead atoms. The van der Waals surface area contributed by atoms with Gasteiger partial charge in [-0.15, -0.1) is 0 Å². The molecule has 1 atom stereocenters. The number of rotatable bonds is 16. The fourth-order valence-electron chi connectivity index (χ4n) is 4.33. The maximum Gasteiger partial charge on any atom is 0.316 e. The van der Waals surface area contributed by atoms with Crippen LogP contribution in [0.5, 0.6) is 5.75 Å². The number of hydrogen-bond acceptors (Lipinski definition) is 6. The molecule has 8 nitrogen and oxygen atoms in total. The molecule has 0 saturated heterocycles. The third-order valence-electron chi connectivity index (χ3n) is 6.33. The molecule has 0 spiro atoms. The summed E-state index contributed by atoms with van der Waals surface area (Å²) in [7, 11) is 0. The van der Waals surface area contributed by atoms with Crippen LogP contribution < -0.4 is 21.1 Å². The van der Waals surface area contributed by atoms with E-state index in [0.29, 0.717) is 13.2 Å². The van der Waals surface area contributed by atoms with Gasteiger partial charge in [0.25, 0.3) is 0 Å². The molecule has 2 aromatic rings. The summed E-state index contributed by atoms with van der Waals surface area (Å²) >= 11 is 0. The summed E-state index contributed by atoms with van der Waals surface area (Å²) in [5.74, 6) is 0.218. The minimum absolute atomic E-state index is 0.493. The number of anilines is 1. The number of primary amides is 1. The number of carbonyl (C=O) groups excluding carboxylic acids is 1. The topological polar surface area (TPSA) is 115 Å². The van der Waals surface area contributed by atoms with E-state index in [1.807, 2.05) is 56.3 Å². The Bertz CT molecular complexity index is 982. The Kier molecular flexibility index (Phi) is 11.7. The minimum Gasteiger partial charge on any atom is -0.463 e. The Hall–Kier alpha value is -2.65. The SMILES string of the molecule is CC1(C)OCc2cc([C@H](O)CNCCCCCCCOCCCc3cccc(NC(N)=O)c3)ccc2O1. The van der Waals surface area contributed by atoms with Gasteiger partial charge in [-0.3, -0.25) is 0 Å². The molecule has 0 aromatic heterocycles. The molecule has 8 heteroatoms. The lowest BCUT2D eigenvalue weighted by Gasteiger charge is -2.33. The number of nitrogens with one attached hydrogen (secondary N) is 2. The van der Waals surface area contributed by atoms with Crippen LogP contribution >= 0.6 is 0 Å². The van der Waals surface area contributed by atoms with Crippen LogP contribution in [-0.2, 0) is 22.5 Å². The van der Waals surface area contributed by atoms with Crippen LogP contribution in [0.25, 0.3) is 0 Å². The number of nitrogens with two attached hydrogens (primary N) is 1. The van der Waals surface area contributed by atoms with Crippen LogP contribution in [0.4, 0.5) is 10.5 Å². The number of urea groups is 1. The lowest BCUT2D eigenvalue weighted by Crippen LogP contribution is -2.35. The van der Waals surface area contributed by atoms with Gasteiger partial charge < -0.3 is 35.7 Å². The van der Waals surface area contributed by atoms with E-state index < -0.39 is 17.9 Å². The molecule has 0 radical (unpaired) electrons. The molecule has 5 N–H and O–H groups in total. The predicted molar refractivity (Wildman–Crippen MR) is 146 cm³/mol. The Morgan fingerprint density at radius 2 is 1.86 bits per heavy atom. The van der Waals surface area contributed by atoms with Crippen molar-refractivity contribution >= 4 is 11.7 Å². The molecule has 1 aliphatic heterocycles. The average Bonchev–Trinajstić information content (AvgIpc) is 2.85. The van der Waals surface area contributed by atoms with Gasteiger partial charge >= 0.3 is 6.03 Å². The summed E-state index contributed by atoms with van der Waals surface area (Å²) in [6.07, 6.45) is 7.00. The maximum absolute atomic E-state index is 10.9. The number of unbranched alkanes of at least 4 members (excludes halogenated alkanes) is 4. The van der Waals surface area contributed by atoms with Gasteiger partial charge in [-0.05, 0) is 67.6 Å². The quantitative estimate of drug-likeness (QED) is 0.234. The lowest BCUT2D eigenvalue weighted by atomic mass is 10.0. The Morgan fingerprint density at radius 1 is 1.08 bits per heavy atom. The van der Waals surface area contributed by atoms with E-state index in [1.165, 1.54) is 19.3 Å². The van der Waals surface area contributed by atoms with Crippen molar-refractivity contribution in [3.8, 4) is 5.75 Å². The predicted octanol–water partition coefficient (Wildman–Crippen LogP) is 5.05. The van der Waals surface area contributed by atoms with Gasteiger partial charge in [-0.1, -0.05) is 37.5 Å². The van der Waals surface area contributed by atoms with Crippen molar-refractivity contribution in [3.05, 3.63) is 59.2 Å². The molecule has 2 aromatic carbocycles. The molecule has 204 valence electrons. The fraction of sp³-hybridized carbons (Fsp3) is 0.552. The van der Waals surface area contributed by atoms with Crippen molar-refractivity contribution < 1.29 is 24.1 Å². The molecule has 1 heterocycles. The summed E-state index contributed by atoms with van der Waals surface area (Å²) in [6, 6.07) is 13.0. The Labute approximate surface area is 220 Å². The Balaban J connectivity index is 1.15. The molecule has 0 saturated carbocycles. The standard InChI is InChI=1S/C29H43N3O5/c1-29(2)36-21-24-19-23(13-14-27(24)37-29)26(33)20-31-15-6-4-3-5-7-16-35-17-9-11-22-10-8-12-25(18-22)32-28(30)34/h8,10,12-14,18-19,26,31,33H,3-7,9,11,15-17,20-21H2,1-2H3,(H3,30,32,34)/t26-/m1/s1. The van der Waals surface area contributed by atoms with Crippen molar-refractivity contribution in [2.45, 2.75) is 77.3 Å². The number of carbonyl (C=O) groups is 1. The van der Waals surface area contributed by atoms with E-state index in [1.54, 1.807) is 0 Å². The van der Waals surface area contributed by atoms with Gasteiger partial charge in [0, 0.05) is 44.9 Å². The lowest BCUT2D eigenvalue weighted by molar-refractivity contribution is -0.180. The number of aliphatic hydroxyl groups is 1. The van der Waals surface area contributed by atoms with Gasteiger partial charge in [0.15, 0.2) is 0 Å². The highest BCUT2D eigenvalue weighted by molar-refractivity contribution is 5.87. The smallest absolute Gasteiger partial charge is 0.316 e. The van der Waals surface area contributed by atoms with Crippen LogP contribution in [0.3, 0.4) is 0 Å². The highest BCUT2D eigenvalue weighted by atomic mass is 16.7. The molecule has 0 aliphatic carbocycles. The Morgan fingerprint density at radius 3 is 2.70 bits per heavy atom. The number of ether oxygens (including phenoxy) is 3. The maximum atomic E-state index is 10.9. The third kappa shape index (κ3) is 10.7. The first-order valence-corrected chi connectivity index (χ1v) is 13.4. The first-order valence-electron chi connectivity index (χ1n) is 13.4. The van der Waals surface area contributed by atoms with E-state index in [-0.39, 0.29) is 0 Å². The number of aliphatic hydroxyl groups excluding tert-OH is 1. The van der Waals surface area contributed by atoms with Gasteiger partial charge in [0.2, 0.25) is 5.79 Å². The zero-order valence-electron chi connectivity index (χ0n) is 22.3. The number of benzene rings is 2. The summed E-state index contributed by atoms with van der Waals surface area (Å²) in [5, 5.41) is 16.5. The molecular formula is C29H43N3O5. The summed E-state index contributed by atoms with van der Waals surface area (Å²) in [5.41, 5.74) is 8.90. The van der Waals surface area contributed by atoms with Crippen LogP contribution in [0.15, 0.2) is 42.5 Å². The number of aryl methyl sites for hydroxylation is 1. The van der Waals surface area contributed by atoms with Crippen LogP contribution in [0, 0.1) is 0 Å². The van der Waals surface area contributed by atoms with Crippen molar-refractivity contribution in [2.75, 3.05) is 31.6 Å². The van der Waals surface area contributed by atoms with Gasteiger partial charge in [-0.25, -0.2) is 4.79 Å². The van der Waals surface area contributed by atoms with Crippen molar-refractivity contribution in [1.82, 2.24) is 5.32 Å². The summed E-state index contributed by atoms with van der Waals surface area (Å²) in [4.78, 5) is 10.9. The number of hydrogen-bond donors (Lipinski definition) is 4. The summed E-state index contributed by atoms with van der Waals surface area (Å²) < 4.78 is 17.3. The molecule has 37 heavy (non-hydrogen) atoms. The third-order valence-corrected chi connectivity index (χ3v) is 6.33.